The first-order valence-electron chi connectivity index (χ1n) is 10.6. The average Bonchev–Trinajstić information content (AvgIpc) is 3.20. The molecule has 10 heteroatoms. The van der Waals surface area contributed by atoms with E-state index in [1.165, 1.54) is 23.4 Å². The summed E-state index contributed by atoms with van der Waals surface area (Å²) in [7, 11) is 3.05. The molecule has 0 aliphatic carbocycles. The van der Waals surface area contributed by atoms with Gasteiger partial charge in [0.2, 0.25) is 5.91 Å². The summed E-state index contributed by atoms with van der Waals surface area (Å²) in [5.41, 5.74) is 2.64. The first kappa shape index (κ1) is 23.9. The van der Waals surface area contributed by atoms with Gasteiger partial charge in [0.15, 0.2) is 16.3 Å². The number of anilines is 1. The Morgan fingerprint density at radius 1 is 1.03 bits per heavy atom. The molecule has 8 nitrogen and oxygen atoms in total. The number of para-hydroxylation sites is 1. The number of amides is 1. The standard InChI is InChI=1S/C24H25N5O3S2/c1-15-9-5-6-10-16(15)13-29-20-21(27(2)24(32)28(3)22(20)31)26-23(29)34-14-19(30)25-17-11-7-8-12-18(17)33-4/h5-12H,13-14H2,1-4H3,(H,25,30). The van der Waals surface area contributed by atoms with E-state index in [1.54, 1.807) is 23.4 Å². The fourth-order valence-electron chi connectivity index (χ4n) is 3.71. The van der Waals surface area contributed by atoms with E-state index in [4.69, 9.17) is 0 Å². The van der Waals surface area contributed by atoms with E-state index in [0.717, 1.165) is 26.3 Å². The maximum atomic E-state index is 13.1. The number of imidazole rings is 1. The summed E-state index contributed by atoms with van der Waals surface area (Å²) in [5, 5.41) is 3.45. The molecule has 34 heavy (non-hydrogen) atoms. The lowest BCUT2D eigenvalue weighted by Gasteiger charge is -2.12. The lowest BCUT2D eigenvalue weighted by atomic mass is 10.1. The highest BCUT2D eigenvalue weighted by molar-refractivity contribution is 7.99. The van der Waals surface area contributed by atoms with E-state index in [2.05, 4.69) is 10.3 Å². The van der Waals surface area contributed by atoms with Gasteiger partial charge in [-0.15, -0.1) is 11.8 Å². The number of nitrogens with zero attached hydrogens (tertiary/aromatic N) is 4. The van der Waals surface area contributed by atoms with Crippen molar-refractivity contribution in [2.75, 3.05) is 17.3 Å². The molecule has 1 N–H and O–H groups in total. The summed E-state index contributed by atoms with van der Waals surface area (Å²) in [6.07, 6.45) is 1.96. The van der Waals surface area contributed by atoms with Crippen LogP contribution in [-0.4, -0.2) is 36.6 Å². The number of benzene rings is 2. The van der Waals surface area contributed by atoms with Gasteiger partial charge < -0.3 is 9.88 Å². The summed E-state index contributed by atoms with van der Waals surface area (Å²) in [4.78, 5) is 43.8. The van der Waals surface area contributed by atoms with Crippen LogP contribution in [-0.2, 0) is 25.4 Å². The molecule has 0 aliphatic heterocycles. The van der Waals surface area contributed by atoms with Crippen molar-refractivity contribution in [2.24, 2.45) is 14.1 Å². The molecule has 0 bridgehead atoms. The summed E-state index contributed by atoms with van der Waals surface area (Å²) in [5.74, 6) is -0.0727. The Morgan fingerprint density at radius 2 is 1.74 bits per heavy atom. The number of rotatable bonds is 7. The van der Waals surface area contributed by atoms with Crippen LogP contribution in [0.5, 0.6) is 0 Å². The molecule has 0 saturated heterocycles. The molecule has 0 fully saturated rings. The van der Waals surface area contributed by atoms with Gasteiger partial charge in [0.05, 0.1) is 18.0 Å². The average molecular weight is 496 g/mol. The van der Waals surface area contributed by atoms with Crippen molar-refractivity contribution in [3.63, 3.8) is 0 Å². The SMILES string of the molecule is CSc1ccccc1NC(=O)CSc1nc2c(c(=O)n(C)c(=O)n2C)n1Cc1ccccc1C. The second kappa shape index (κ2) is 9.94. The molecule has 2 heterocycles. The summed E-state index contributed by atoms with van der Waals surface area (Å²) >= 11 is 2.80. The summed E-state index contributed by atoms with van der Waals surface area (Å²) < 4.78 is 4.25. The highest BCUT2D eigenvalue weighted by Gasteiger charge is 2.21. The Hall–Kier alpha value is -3.24. The number of aryl methyl sites for hydroxylation is 2. The van der Waals surface area contributed by atoms with Gasteiger partial charge in [0.1, 0.15) is 0 Å². The normalized spacial score (nSPS) is 11.2. The fourth-order valence-corrected chi connectivity index (χ4v) is 5.05. The molecule has 4 rings (SSSR count). The number of carbonyl (C=O) groups is 1. The van der Waals surface area contributed by atoms with Crippen LogP contribution >= 0.6 is 23.5 Å². The number of hydrogen-bond donors (Lipinski definition) is 1. The van der Waals surface area contributed by atoms with Gasteiger partial charge in [-0.05, 0) is 36.4 Å². The monoisotopic (exact) mass is 495 g/mol. The van der Waals surface area contributed by atoms with E-state index >= 15 is 0 Å². The van der Waals surface area contributed by atoms with Gasteiger partial charge in [0.25, 0.3) is 5.56 Å². The minimum atomic E-state index is -0.444. The Kier molecular flexibility index (Phi) is 6.99. The van der Waals surface area contributed by atoms with Crippen molar-refractivity contribution in [1.82, 2.24) is 18.7 Å². The van der Waals surface area contributed by atoms with Crippen LogP contribution < -0.4 is 16.6 Å². The maximum absolute atomic E-state index is 13.1. The number of fused-ring (bicyclic) bond motifs is 1. The molecule has 0 saturated carbocycles. The minimum absolute atomic E-state index is 0.105. The topological polar surface area (TPSA) is 90.9 Å². The van der Waals surface area contributed by atoms with Crippen molar-refractivity contribution in [3.8, 4) is 0 Å². The number of nitrogens with one attached hydrogen (secondary N) is 1. The molecule has 0 aliphatic rings. The van der Waals surface area contributed by atoms with Crippen LogP contribution in [0.15, 0.2) is 68.2 Å². The van der Waals surface area contributed by atoms with Crippen LogP contribution in [0, 0.1) is 6.92 Å². The molecular formula is C24H25N5O3S2. The Labute approximate surface area is 205 Å². The third-order valence-electron chi connectivity index (χ3n) is 5.62. The first-order chi connectivity index (χ1) is 16.3. The number of carbonyl (C=O) groups excluding carboxylic acids is 1. The zero-order valence-electron chi connectivity index (χ0n) is 19.4. The molecule has 0 unspecified atom stereocenters. The fraction of sp³-hybridized carbons (Fsp3) is 0.250. The zero-order valence-corrected chi connectivity index (χ0v) is 21.0. The number of thioether (sulfide) groups is 2. The van der Waals surface area contributed by atoms with Gasteiger partial charge >= 0.3 is 5.69 Å². The third kappa shape index (κ3) is 4.55. The van der Waals surface area contributed by atoms with Crippen molar-refractivity contribution in [2.45, 2.75) is 23.5 Å². The van der Waals surface area contributed by atoms with Crippen LogP contribution in [0.4, 0.5) is 5.69 Å². The van der Waals surface area contributed by atoms with Crippen molar-refractivity contribution in [1.29, 1.82) is 0 Å². The largest absolute Gasteiger partial charge is 0.332 e. The van der Waals surface area contributed by atoms with E-state index in [0.29, 0.717) is 22.9 Å². The van der Waals surface area contributed by atoms with Gasteiger partial charge in [-0.25, -0.2) is 9.78 Å². The Bertz CT molecular complexity index is 1500. The molecule has 1 amide bonds. The molecule has 0 atom stereocenters. The van der Waals surface area contributed by atoms with Gasteiger partial charge in [-0.3, -0.25) is 18.7 Å². The lowest BCUT2D eigenvalue weighted by Crippen LogP contribution is -2.37. The molecule has 0 spiro atoms. The highest BCUT2D eigenvalue weighted by atomic mass is 32.2. The molecule has 4 aromatic rings. The van der Waals surface area contributed by atoms with Gasteiger partial charge in [-0.1, -0.05) is 48.2 Å². The van der Waals surface area contributed by atoms with Crippen LogP contribution in [0.2, 0.25) is 0 Å². The van der Waals surface area contributed by atoms with Crippen LogP contribution in [0.3, 0.4) is 0 Å². The molecular weight excluding hydrogens is 470 g/mol. The molecule has 176 valence electrons. The van der Waals surface area contributed by atoms with E-state index in [9.17, 15) is 14.4 Å². The first-order valence-corrected chi connectivity index (χ1v) is 12.8. The summed E-state index contributed by atoms with van der Waals surface area (Å²) in [6, 6.07) is 15.5. The molecule has 0 radical (unpaired) electrons. The lowest BCUT2D eigenvalue weighted by molar-refractivity contribution is -0.113. The Balaban J connectivity index is 1.71. The van der Waals surface area contributed by atoms with E-state index in [-0.39, 0.29) is 11.7 Å². The predicted octanol–water partition coefficient (Wildman–Crippen LogP) is 3.24. The Morgan fingerprint density at radius 3 is 2.47 bits per heavy atom. The van der Waals surface area contributed by atoms with Crippen molar-refractivity contribution < 1.29 is 4.79 Å². The van der Waals surface area contributed by atoms with Crippen LogP contribution in [0.1, 0.15) is 11.1 Å². The zero-order chi connectivity index (χ0) is 24.4. The third-order valence-corrected chi connectivity index (χ3v) is 7.39. The maximum Gasteiger partial charge on any atom is 0.332 e. The van der Waals surface area contributed by atoms with Gasteiger partial charge in [0, 0.05) is 19.0 Å². The molecule has 2 aromatic carbocycles. The van der Waals surface area contributed by atoms with Crippen molar-refractivity contribution >= 4 is 46.3 Å². The van der Waals surface area contributed by atoms with Crippen LogP contribution in [0.25, 0.3) is 11.2 Å². The van der Waals surface area contributed by atoms with E-state index < -0.39 is 11.2 Å². The minimum Gasteiger partial charge on any atom is -0.324 e. The van der Waals surface area contributed by atoms with Crippen molar-refractivity contribution in [3.05, 3.63) is 80.5 Å². The smallest absolute Gasteiger partial charge is 0.324 e. The second-order valence-electron chi connectivity index (χ2n) is 7.82. The summed E-state index contributed by atoms with van der Waals surface area (Å²) in [6.45, 7) is 2.40. The van der Waals surface area contributed by atoms with E-state index in [1.807, 2.05) is 61.7 Å². The number of aromatic nitrogens is 4. The highest BCUT2D eigenvalue weighted by Crippen LogP contribution is 2.26. The molecule has 2 aromatic heterocycles. The quantitative estimate of drug-likeness (QED) is 0.396. The van der Waals surface area contributed by atoms with Gasteiger partial charge in [-0.2, -0.15) is 0 Å². The predicted molar refractivity (Wildman–Crippen MR) is 138 cm³/mol. The number of hydrogen-bond acceptors (Lipinski definition) is 6. The second-order valence-corrected chi connectivity index (χ2v) is 9.61.